The van der Waals surface area contributed by atoms with Crippen molar-refractivity contribution < 1.29 is 9.53 Å². The fraction of sp³-hybridized carbons (Fsp3) is 0.600. The van der Waals surface area contributed by atoms with Crippen molar-refractivity contribution in [3.05, 3.63) is 29.8 Å². The lowest BCUT2D eigenvalue weighted by atomic mass is 10.0. The Balaban J connectivity index is 1.72. The van der Waals surface area contributed by atoms with E-state index in [4.69, 9.17) is 4.74 Å². The second kappa shape index (κ2) is 10.8. The number of nitrogens with one attached hydrogen (secondary N) is 2. The quantitative estimate of drug-likeness (QED) is 0.424. The zero-order valence-electron chi connectivity index (χ0n) is 16.3. The standard InChI is InChI=1S/C20H32N4O2/c1-16(2)15-26-13-7-11-22-20(21-3)23-14-19(25)24-12-6-9-17-8-4-5-10-18(17)24/h4-5,8,10,16H,6-7,9,11-15H2,1-3H3,(H2,21,22,23). The minimum atomic E-state index is 0.0698. The maximum atomic E-state index is 12.6. The number of benzene rings is 1. The molecule has 0 unspecified atom stereocenters. The number of aryl methyl sites for hydroxylation is 1. The number of amides is 1. The summed E-state index contributed by atoms with van der Waals surface area (Å²) in [5.41, 5.74) is 2.28. The molecule has 6 heteroatoms. The van der Waals surface area contributed by atoms with Gasteiger partial charge in [0.2, 0.25) is 5.91 Å². The Kier molecular flexibility index (Phi) is 8.41. The van der Waals surface area contributed by atoms with Crippen molar-refractivity contribution >= 4 is 17.6 Å². The number of hydrogen-bond donors (Lipinski definition) is 2. The van der Waals surface area contributed by atoms with Crippen LogP contribution in [0.1, 0.15) is 32.3 Å². The normalized spacial score (nSPS) is 14.3. The van der Waals surface area contributed by atoms with E-state index in [2.05, 4.69) is 35.5 Å². The topological polar surface area (TPSA) is 66.0 Å². The molecule has 1 heterocycles. The Morgan fingerprint density at radius 2 is 2.12 bits per heavy atom. The van der Waals surface area contributed by atoms with Crippen LogP contribution >= 0.6 is 0 Å². The van der Waals surface area contributed by atoms with E-state index in [0.717, 1.165) is 51.3 Å². The Hall–Kier alpha value is -2.08. The monoisotopic (exact) mass is 360 g/mol. The largest absolute Gasteiger partial charge is 0.381 e. The third-order valence-corrected chi connectivity index (χ3v) is 4.25. The number of nitrogens with zero attached hydrogens (tertiary/aromatic N) is 2. The van der Waals surface area contributed by atoms with Crippen LogP contribution in [0.4, 0.5) is 5.69 Å². The van der Waals surface area contributed by atoms with Crippen molar-refractivity contribution in [2.75, 3.05) is 44.8 Å². The van der Waals surface area contributed by atoms with Gasteiger partial charge in [0.25, 0.3) is 0 Å². The molecule has 2 N–H and O–H groups in total. The molecule has 1 aromatic carbocycles. The highest BCUT2D eigenvalue weighted by Gasteiger charge is 2.21. The number of para-hydroxylation sites is 1. The number of rotatable bonds is 8. The summed E-state index contributed by atoms with van der Waals surface area (Å²) in [6.45, 7) is 7.57. The highest BCUT2D eigenvalue weighted by atomic mass is 16.5. The third kappa shape index (κ3) is 6.33. The average Bonchev–Trinajstić information content (AvgIpc) is 2.65. The molecule has 1 amide bonds. The molecular weight excluding hydrogens is 328 g/mol. The molecule has 0 saturated heterocycles. The Morgan fingerprint density at radius 3 is 2.88 bits per heavy atom. The van der Waals surface area contributed by atoms with Gasteiger partial charge in [-0.3, -0.25) is 9.79 Å². The zero-order chi connectivity index (χ0) is 18.8. The van der Waals surface area contributed by atoms with Gasteiger partial charge in [-0.1, -0.05) is 32.0 Å². The number of aliphatic imine (C=N–C) groups is 1. The smallest absolute Gasteiger partial charge is 0.246 e. The van der Waals surface area contributed by atoms with Gasteiger partial charge in [-0.25, -0.2) is 0 Å². The predicted molar refractivity (Wildman–Crippen MR) is 107 cm³/mol. The first-order valence-electron chi connectivity index (χ1n) is 9.52. The molecule has 0 saturated carbocycles. The lowest BCUT2D eigenvalue weighted by Gasteiger charge is -2.29. The third-order valence-electron chi connectivity index (χ3n) is 4.25. The Labute approximate surface area is 157 Å². The summed E-state index contributed by atoms with van der Waals surface area (Å²) in [4.78, 5) is 18.7. The first-order valence-corrected chi connectivity index (χ1v) is 9.52. The number of ether oxygens (including phenoxy) is 1. The Bertz CT molecular complexity index is 601. The van der Waals surface area contributed by atoms with Crippen LogP contribution < -0.4 is 15.5 Å². The fourth-order valence-electron chi connectivity index (χ4n) is 2.97. The number of hydrogen-bond acceptors (Lipinski definition) is 3. The Morgan fingerprint density at radius 1 is 1.31 bits per heavy atom. The number of fused-ring (bicyclic) bond motifs is 1. The first-order chi connectivity index (χ1) is 12.6. The van der Waals surface area contributed by atoms with Crippen molar-refractivity contribution in [1.82, 2.24) is 10.6 Å². The molecule has 0 spiro atoms. The van der Waals surface area contributed by atoms with E-state index < -0.39 is 0 Å². The minimum Gasteiger partial charge on any atom is -0.381 e. The number of guanidine groups is 1. The van der Waals surface area contributed by atoms with Gasteiger partial charge >= 0.3 is 0 Å². The van der Waals surface area contributed by atoms with E-state index in [0.29, 0.717) is 11.9 Å². The van der Waals surface area contributed by atoms with Gasteiger partial charge in [0.05, 0.1) is 6.54 Å². The predicted octanol–water partition coefficient (Wildman–Crippen LogP) is 2.19. The SMILES string of the molecule is CN=C(NCCCOCC(C)C)NCC(=O)N1CCCc2ccccc21. The summed E-state index contributed by atoms with van der Waals surface area (Å²) >= 11 is 0. The first kappa shape index (κ1) is 20.2. The minimum absolute atomic E-state index is 0.0698. The lowest BCUT2D eigenvalue weighted by Crippen LogP contribution is -2.46. The number of carbonyl (C=O) groups is 1. The van der Waals surface area contributed by atoms with E-state index in [1.54, 1.807) is 7.05 Å². The lowest BCUT2D eigenvalue weighted by molar-refractivity contribution is -0.117. The van der Waals surface area contributed by atoms with Crippen LogP contribution in [0, 0.1) is 5.92 Å². The molecule has 1 aromatic rings. The van der Waals surface area contributed by atoms with Crippen LogP contribution in [0.2, 0.25) is 0 Å². The van der Waals surface area contributed by atoms with Gasteiger partial charge in [-0.15, -0.1) is 0 Å². The highest BCUT2D eigenvalue weighted by molar-refractivity contribution is 5.98. The van der Waals surface area contributed by atoms with E-state index in [-0.39, 0.29) is 12.5 Å². The van der Waals surface area contributed by atoms with Gasteiger partial charge in [0.1, 0.15) is 0 Å². The molecule has 0 atom stereocenters. The summed E-state index contributed by atoms with van der Waals surface area (Å²) in [5, 5.41) is 6.34. The van der Waals surface area contributed by atoms with Crippen molar-refractivity contribution in [2.24, 2.45) is 10.9 Å². The zero-order valence-corrected chi connectivity index (χ0v) is 16.3. The number of anilines is 1. The van der Waals surface area contributed by atoms with Crippen molar-refractivity contribution in [1.29, 1.82) is 0 Å². The van der Waals surface area contributed by atoms with Gasteiger partial charge in [-0.2, -0.15) is 0 Å². The molecule has 0 bridgehead atoms. The molecule has 1 aliphatic rings. The summed E-state index contributed by atoms with van der Waals surface area (Å²) in [6.07, 6.45) is 2.95. The van der Waals surface area contributed by atoms with Crippen LogP contribution in [-0.2, 0) is 16.0 Å². The summed E-state index contributed by atoms with van der Waals surface area (Å²) < 4.78 is 5.56. The van der Waals surface area contributed by atoms with Crippen LogP contribution in [0.15, 0.2) is 29.3 Å². The van der Waals surface area contributed by atoms with E-state index in [9.17, 15) is 4.79 Å². The van der Waals surface area contributed by atoms with E-state index in [1.165, 1.54) is 5.56 Å². The second-order valence-corrected chi connectivity index (χ2v) is 6.95. The molecule has 2 rings (SSSR count). The van der Waals surface area contributed by atoms with Gasteiger partial charge in [0.15, 0.2) is 5.96 Å². The highest BCUT2D eigenvalue weighted by Crippen LogP contribution is 2.26. The van der Waals surface area contributed by atoms with Gasteiger partial charge < -0.3 is 20.3 Å². The van der Waals surface area contributed by atoms with Crippen molar-refractivity contribution in [3.8, 4) is 0 Å². The second-order valence-electron chi connectivity index (χ2n) is 6.95. The molecule has 0 aromatic heterocycles. The van der Waals surface area contributed by atoms with Crippen molar-refractivity contribution in [2.45, 2.75) is 33.1 Å². The molecule has 144 valence electrons. The molecule has 26 heavy (non-hydrogen) atoms. The van der Waals surface area contributed by atoms with Gasteiger partial charge in [-0.05, 0) is 36.8 Å². The van der Waals surface area contributed by atoms with Crippen molar-refractivity contribution in [3.63, 3.8) is 0 Å². The summed E-state index contributed by atoms with van der Waals surface area (Å²) in [7, 11) is 1.71. The van der Waals surface area contributed by atoms with E-state index >= 15 is 0 Å². The van der Waals surface area contributed by atoms with Gasteiger partial charge in [0, 0.05) is 39.0 Å². The van der Waals surface area contributed by atoms with Crippen LogP contribution in [-0.4, -0.2) is 51.8 Å². The molecule has 6 nitrogen and oxygen atoms in total. The summed E-state index contributed by atoms with van der Waals surface area (Å²) in [6, 6.07) is 8.14. The van der Waals surface area contributed by atoms with Crippen LogP contribution in [0.25, 0.3) is 0 Å². The molecule has 0 aliphatic carbocycles. The molecule has 1 aliphatic heterocycles. The van der Waals surface area contributed by atoms with E-state index in [1.807, 2.05) is 23.1 Å². The molecule has 0 radical (unpaired) electrons. The average molecular weight is 361 g/mol. The maximum Gasteiger partial charge on any atom is 0.246 e. The molecular formula is C20H32N4O2. The van der Waals surface area contributed by atoms with Crippen LogP contribution in [0.3, 0.4) is 0 Å². The molecule has 0 fully saturated rings. The summed E-state index contributed by atoms with van der Waals surface area (Å²) in [5.74, 6) is 1.27. The number of carbonyl (C=O) groups excluding carboxylic acids is 1. The van der Waals surface area contributed by atoms with Crippen LogP contribution in [0.5, 0.6) is 0 Å². The maximum absolute atomic E-state index is 12.6. The fourth-order valence-corrected chi connectivity index (χ4v) is 2.97.